The van der Waals surface area contributed by atoms with E-state index in [-0.39, 0.29) is 0 Å². The van der Waals surface area contributed by atoms with Crippen molar-refractivity contribution in [3.05, 3.63) is 23.4 Å². The van der Waals surface area contributed by atoms with Crippen molar-refractivity contribution in [3.63, 3.8) is 0 Å². The molecule has 3 aliphatic rings. The molecule has 5 rings (SSSR count). The molecule has 7 heteroatoms. The van der Waals surface area contributed by atoms with Gasteiger partial charge in [-0.2, -0.15) is 0 Å². The summed E-state index contributed by atoms with van der Waals surface area (Å²) in [5.41, 5.74) is 3.04. The van der Waals surface area contributed by atoms with Crippen LogP contribution in [0.25, 0.3) is 11.0 Å². The maximum atomic E-state index is 11.8. The van der Waals surface area contributed by atoms with Gasteiger partial charge >= 0.3 is 0 Å². The summed E-state index contributed by atoms with van der Waals surface area (Å²) in [5, 5.41) is 8.30. The highest BCUT2D eigenvalue weighted by molar-refractivity contribution is 5.84. The first kappa shape index (κ1) is 25.0. The summed E-state index contributed by atoms with van der Waals surface area (Å²) in [7, 11) is 3.75. The molecular formula is C27H42N4O3. The SMILES string of the molecule is CNC.Cc1c(OCC2CC2)ccc2c(CCC3CCN(CCN4CCCC4=O)CC3)noc12. The number of ether oxygens (including phenoxy) is 1. The first-order chi connectivity index (χ1) is 16.6. The van der Waals surface area contributed by atoms with E-state index in [0.717, 1.165) is 98.4 Å². The molecule has 1 aromatic carbocycles. The molecule has 2 saturated heterocycles. The molecule has 188 valence electrons. The number of aryl methyl sites for hydroxylation is 2. The third kappa shape index (κ3) is 6.51. The standard InChI is InChI=1S/C25H35N3O3.C2H7N/c1-18-23(30-17-20-4-5-20)9-7-21-22(26-31-25(18)21)8-6-19-10-13-27(14-11-19)15-16-28-12-2-3-24(28)29;1-3-2/h7,9,19-20H,2-6,8,10-17H2,1H3;3H,1-2H3. The Bertz CT molecular complexity index is 931. The second kappa shape index (κ2) is 12.0. The van der Waals surface area contributed by atoms with Crippen molar-refractivity contribution in [2.24, 2.45) is 11.8 Å². The largest absolute Gasteiger partial charge is 0.493 e. The van der Waals surface area contributed by atoms with Gasteiger partial charge in [0.05, 0.1) is 12.3 Å². The average molecular weight is 471 g/mol. The smallest absolute Gasteiger partial charge is 0.222 e. The van der Waals surface area contributed by atoms with Gasteiger partial charge in [-0.15, -0.1) is 0 Å². The van der Waals surface area contributed by atoms with Crippen LogP contribution in [0.3, 0.4) is 0 Å². The van der Waals surface area contributed by atoms with E-state index in [4.69, 9.17) is 9.26 Å². The van der Waals surface area contributed by atoms with Crippen molar-refractivity contribution < 1.29 is 14.1 Å². The summed E-state index contributed by atoms with van der Waals surface area (Å²) in [6.07, 6.45) is 8.99. The van der Waals surface area contributed by atoms with Gasteiger partial charge < -0.3 is 24.4 Å². The number of carbonyl (C=O) groups is 1. The second-order valence-electron chi connectivity index (χ2n) is 10.3. The minimum atomic E-state index is 0.339. The third-order valence-electron chi connectivity index (χ3n) is 7.44. The Labute approximate surface area is 204 Å². The van der Waals surface area contributed by atoms with Crippen molar-refractivity contribution in [2.45, 2.75) is 58.3 Å². The molecule has 7 nitrogen and oxygen atoms in total. The molecule has 1 saturated carbocycles. The Morgan fingerprint density at radius 1 is 1.09 bits per heavy atom. The van der Waals surface area contributed by atoms with Crippen LogP contribution >= 0.6 is 0 Å². The number of hydrogen-bond acceptors (Lipinski definition) is 6. The number of nitrogens with zero attached hydrogens (tertiary/aromatic N) is 3. The van der Waals surface area contributed by atoms with Gasteiger partial charge in [0.1, 0.15) is 5.75 Å². The van der Waals surface area contributed by atoms with Gasteiger partial charge in [0.2, 0.25) is 5.91 Å². The van der Waals surface area contributed by atoms with Crippen molar-refractivity contribution in [3.8, 4) is 5.75 Å². The first-order valence-corrected chi connectivity index (χ1v) is 13.2. The fraction of sp³-hybridized carbons (Fsp3) is 0.704. The summed E-state index contributed by atoms with van der Waals surface area (Å²) in [6, 6.07) is 4.21. The Hall–Kier alpha value is -2.12. The Kier molecular flexibility index (Phi) is 8.84. The van der Waals surface area contributed by atoms with Gasteiger partial charge in [-0.1, -0.05) is 5.16 Å². The fourth-order valence-corrected chi connectivity index (χ4v) is 5.04. The zero-order valence-corrected chi connectivity index (χ0v) is 21.3. The topological polar surface area (TPSA) is 70.8 Å². The lowest BCUT2D eigenvalue weighted by molar-refractivity contribution is -0.127. The van der Waals surface area contributed by atoms with Crippen LogP contribution in [-0.4, -0.2) is 74.3 Å². The van der Waals surface area contributed by atoms with Gasteiger partial charge in [0, 0.05) is 37.0 Å². The van der Waals surface area contributed by atoms with Crippen molar-refractivity contribution in [1.82, 2.24) is 20.3 Å². The molecule has 3 heterocycles. The summed E-state index contributed by atoms with van der Waals surface area (Å²) in [6.45, 7) is 8.07. The number of likely N-dealkylation sites (tertiary alicyclic amines) is 2. The van der Waals surface area contributed by atoms with E-state index in [9.17, 15) is 4.79 Å². The molecule has 34 heavy (non-hydrogen) atoms. The first-order valence-electron chi connectivity index (χ1n) is 13.2. The molecule has 0 atom stereocenters. The highest BCUT2D eigenvalue weighted by Gasteiger charge is 2.25. The number of fused-ring (bicyclic) bond motifs is 1. The maximum absolute atomic E-state index is 11.8. The van der Waals surface area contributed by atoms with Gasteiger partial charge in [-0.05, 0) is 103 Å². The van der Waals surface area contributed by atoms with Gasteiger partial charge in [-0.3, -0.25) is 4.79 Å². The van der Waals surface area contributed by atoms with Crippen LogP contribution < -0.4 is 10.1 Å². The zero-order valence-electron chi connectivity index (χ0n) is 21.3. The minimum absolute atomic E-state index is 0.339. The van der Waals surface area contributed by atoms with Gasteiger partial charge in [-0.25, -0.2) is 0 Å². The molecule has 1 aliphatic carbocycles. The molecular weight excluding hydrogens is 428 g/mol. The molecule has 0 bridgehead atoms. The lowest BCUT2D eigenvalue weighted by Crippen LogP contribution is -2.40. The number of nitrogens with one attached hydrogen (secondary N) is 1. The van der Waals surface area contributed by atoms with Crippen LogP contribution in [0.1, 0.15) is 56.2 Å². The van der Waals surface area contributed by atoms with E-state index in [0.29, 0.717) is 5.91 Å². The molecule has 0 radical (unpaired) electrons. The zero-order chi connectivity index (χ0) is 23.9. The van der Waals surface area contributed by atoms with Crippen LogP contribution in [0.15, 0.2) is 16.7 Å². The molecule has 1 aromatic heterocycles. The number of rotatable bonds is 9. The molecule has 2 aromatic rings. The van der Waals surface area contributed by atoms with Crippen molar-refractivity contribution in [1.29, 1.82) is 0 Å². The predicted molar refractivity (Wildman–Crippen MR) is 135 cm³/mol. The Balaban J connectivity index is 0.000000868. The molecule has 2 aliphatic heterocycles. The van der Waals surface area contributed by atoms with Crippen LogP contribution in [0, 0.1) is 18.8 Å². The maximum Gasteiger partial charge on any atom is 0.222 e. The van der Waals surface area contributed by atoms with Crippen LogP contribution in [0.5, 0.6) is 5.75 Å². The number of amides is 1. The monoisotopic (exact) mass is 470 g/mol. The van der Waals surface area contributed by atoms with Crippen LogP contribution in [0.2, 0.25) is 0 Å². The van der Waals surface area contributed by atoms with E-state index in [1.54, 1.807) is 0 Å². The number of aromatic nitrogens is 1. The summed E-state index contributed by atoms with van der Waals surface area (Å²) in [4.78, 5) is 16.3. The van der Waals surface area contributed by atoms with E-state index in [1.165, 1.54) is 32.1 Å². The summed E-state index contributed by atoms with van der Waals surface area (Å²) >= 11 is 0. The summed E-state index contributed by atoms with van der Waals surface area (Å²) in [5.74, 6) is 2.77. The second-order valence-corrected chi connectivity index (χ2v) is 10.3. The lowest BCUT2D eigenvalue weighted by atomic mass is 9.91. The quantitative estimate of drug-likeness (QED) is 0.597. The number of benzene rings is 1. The molecule has 0 spiro atoms. The third-order valence-corrected chi connectivity index (χ3v) is 7.44. The average Bonchev–Trinajstić information content (AvgIpc) is 3.44. The number of piperidine rings is 1. The van der Waals surface area contributed by atoms with E-state index >= 15 is 0 Å². The minimum Gasteiger partial charge on any atom is -0.493 e. The molecule has 0 unspecified atom stereocenters. The van der Waals surface area contributed by atoms with E-state index < -0.39 is 0 Å². The van der Waals surface area contributed by atoms with Crippen LogP contribution in [-0.2, 0) is 11.2 Å². The lowest BCUT2D eigenvalue weighted by Gasteiger charge is -2.33. The van der Waals surface area contributed by atoms with Crippen LogP contribution in [0.4, 0.5) is 0 Å². The van der Waals surface area contributed by atoms with E-state index in [2.05, 4.69) is 34.4 Å². The normalized spacial score (nSPS) is 19.5. The van der Waals surface area contributed by atoms with E-state index in [1.807, 2.05) is 19.0 Å². The highest BCUT2D eigenvalue weighted by atomic mass is 16.5. The predicted octanol–water partition coefficient (Wildman–Crippen LogP) is 4.03. The van der Waals surface area contributed by atoms with Gasteiger partial charge in [0.25, 0.3) is 0 Å². The molecule has 1 N–H and O–H groups in total. The van der Waals surface area contributed by atoms with Crippen molar-refractivity contribution >= 4 is 16.9 Å². The fourth-order valence-electron chi connectivity index (χ4n) is 5.04. The highest BCUT2D eigenvalue weighted by Crippen LogP contribution is 2.34. The number of hydrogen-bond donors (Lipinski definition) is 1. The Morgan fingerprint density at radius 2 is 1.85 bits per heavy atom. The van der Waals surface area contributed by atoms with Gasteiger partial charge in [0.15, 0.2) is 5.58 Å². The number of carbonyl (C=O) groups excluding carboxylic acids is 1. The molecule has 3 fully saturated rings. The summed E-state index contributed by atoms with van der Waals surface area (Å²) < 4.78 is 11.7. The van der Waals surface area contributed by atoms with Crippen molar-refractivity contribution in [2.75, 3.05) is 53.4 Å². The Morgan fingerprint density at radius 3 is 2.53 bits per heavy atom. The molecule has 1 amide bonds.